The fraction of sp³-hybridized carbons (Fsp3) is 0.667. The van der Waals surface area contributed by atoms with Crippen LogP contribution in [0.2, 0.25) is 0 Å². The van der Waals surface area contributed by atoms with Gasteiger partial charge in [-0.2, -0.15) is 5.26 Å². The van der Waals surface area contributed by atoms with Gasteiger partial charge in [0.15, 0.2) is 5.82 Å². The molecule has 0 aromatic carbocycles. The average Bonchev–Trinajstić information content (AvgIpc) is 3.16. The Morgan fingerprint density at radius 1 is 1.29 bits per heavy atom. The maximum absolute atomic E-state index is 12.8. The lowest BCUT2D eigenvalue weighted by Crippen LogP contribution is -2.45. The number of halogens is 1. The predicted molar refractivity (Wildman–Crippen MR) is 86.1 cm³/mol. The number of rotatable bonds is 4. The molecule has 1 saturated carbocycles. The Hall–Kier alpha value is -2.03. The van der Waals surface area contributed by atoms with Crippen molar-refractivity contribution in [3.05, 3.63) is 24.0 Å². The second-order valence-corrected chi connectivity index (χ2v) is 6.95. The minimum absolute atomic E-state index is 0.0703. The molecule has 2 fully saturated rings. The molecule has 3 rings (SSSR count). The summed E-state index contributed by atoms with van der Waals surface area (Å²) in [5, 5.41) is 9.70. The molecule has 0 spiro atoms. The summed E-state index contributed by atoms with van der Waals surface area (Å²) in [6.45, 7) is 1.32. The van der Waals surface area contributed by atoms with Crippen LogP contribution in [0.25, 0.3) is 0 Å². The molecular weight excluding hydrogens is 307 g/mol. The van der Waals surface area contributed by atoms with Crippen LogP contribution in [0, 0.1) is 28.5 Å². The van der Waals surface area contributed by atoms with Crippen LogP contribution in [0.5, 0.6) is 0 Å². The molecule has 24 heavy (non-hydrogen) atoms. The lowest BCUT2D eigenvalue weighted by Gasteiger charge is -2.41. The van der Waals surface area contributed by atoms with Crippen molar-refractivity contribution >= 4 is 5.91 Å². The van der Waals surface area contributed by atoms with E-state index in [4.69, 9.17) is 0 Å². The number of carbonyl (C=O) groups excluding carboxylic acids is 1. The number of hydrogen-bond acceptors (Lipinski definition) is 4. The zero-order valence-corrected chi connectivity index (χ0v) is 13.9. The van der Waals surface area contributed by atoms with Gasteiger partial charge in [0.1, 0.15) is 5.82 Å². The third-order valence-electron chi connectivity index (χ3n) is 5.60. The molecule has 2 aliphatic rings. The van der Waals surface area contributed by atoms with E-state index < -0.39 is 5.82 Å². The summed E-state index contributed by atoms with van der Waals surface area (Å²) in [5.41, 5.74) is -0.229. The fourth-order valence-electron chi connectivity index (χ4n) is 4.09. The summed E-state index contributed by atoms with van der Waals surface area (Å²) in [6.07, 6.45) is 9.33. The molecule has 0 radical (unpaired) electrons. The Bertz CT molecular complexity index is 611. The topological polar surface area (TPSA) is 69.9 Å². The van der Waals surface area contributed by atoms with Gasteiger partial charge in [-0.05, 0) is 31.6 Å². The SMILES string of the molecule is N#CC1(C2CCCC2)CCN(C(=O)CCc2ncc(F)cn2)CC1. The van der Waals surface area contributed by atoms with E-state index in [-0.39, 0.29) is 11.3 Å². The van der Waals surface area contributed by atoms with E-state index in [2.05, 4.69) is 16.0 Å². The monoisotopic (exact) mass is 330 g/mol. The van der Waals surface area contributed by atoms with Gasteiger partial charge in [0.2, 0.25) is 5.91 Å². The highest BCUT2D eigenvalue weighted by atomic mass is 19.1. The molecule has 128 valence electrons. The predicted octanol–water partition coefficient (Wildman–Crippen LogP) is 2.87. The third kappa shape index (κ3) is 3.55. The number of aryl methyl sites for hydroxylation is 1. The van der Waals surface area contributed by atoms with Crippen LogP contribution in [-0.4, -0.2) is 33.9 Å². The number of hydrogen-bond donors (Lipinski definition) is 0. The van der Waals surface area contributed by atoms with Crippen LogP contribution in [0.1, 0.15) is 50.8 Å². The standard InChI is InChI=1S/C18H23FN4O/c19-15-11-21-16(22-12-15)5-6-17(24)23-9-7-18(13-20,8-10-23)14-3-1-2-4-14/h11-12,14H,1-10H2. The number of nitrogens with zero attached hydrogens (tertiary/aromatic N) is 4. The maximum Gasteiger partial charge on any atom is 0.223 e. The van der Waals surface area contributed by atoms with Crippen molar-refractivity contribution in [2.45, 2.75) is 51.4 Å². The first-order valence-corrected chi connectivity index (χ1v) is 8.78. The second-order valence-electron chi connectivity index (χ2n) is 6.95. The summed E-state index contributed by atoms with van der Waals surface area (Å²) < 4.78 is 12.8. The maximum atomic E-state index is 12.8. The van der Waals surface area contributed by atoms with Crippen LogP contribution in [0.3, 0.4) is 0 Å². The minimum atomic E-state index is -0.471. The zero-order chi connectivity index (χ0) is 17.0. The van der Waals surface area contributed by atoms with Gasteiger partial charge in [-0.25, -0.2) is 14.4 Å². The molecule has 1 saturated heterocycles. The van der Waals surface area contributed by atoms with Gasteiger partial charge < -0.3 is 4.90 Å². The van der Waals surface area contributed by atoms with Crippen molar-refractivity contribution < 1.29 is 9.18 Å². The normalized spacial score (nSPS) is 20.8. The van der Waals surface area contributed by atoms with Crippen molar-refractivity contribution in [2.24, 2.45) is 11.3 Å². The third-order valence-corrected chi connectivity index (χ3v) is 5.60. The van der Waals surface area contributed by atoms with E-state index in [0.29, 0.717) is 37.7 Å². The molecule has 0 atom stereocenters. The number of likely N-dealkylation sites (tertiary alicyclic amines) is 1. The van der Waals surface area contributed by atoms with Crippen LogP contribution >= 0.6 is 0 Å². The van der Waals surface area contributed by atoms with E-state index in [1.165, 1.54) is 12.8 Å². The van der Waals surface area contributed by atoms with Crippen LogP contribution in [0.15, 0.2) is 12.4 Å². The fourth-order valence-corrected chi connectivity index (χ4v) is 4.09. The van der Waals surface area contributed by atoms with E-state index in [9.17, 15) is 14.4 Å². The van der Waals surface area contributed by atoms with Gasteiger partial charge in [-0.1, -0.05) is 12.8 Å². The second kappa shape index (κ2) is 7.25. The minimum Gasteiger partial charge on any atom is -0.343 e. The Balaban J connectivity index is 1.51. The Labute approximate surface area is 141 Å². The Kier molecular flexibility index (Phi) is 5.08. The summed E-state index contributed by atoms with van der Waals surface area (Å²) >= 11 is 0. The lowest BCUT2D eigenvalue weighted by molar-refractivity contribution is -0.133. The quantitative estimate of drug-likeness (QED) is 0.851. The highest BCUT2D eigenvalue weighted by Gasteiger charge is 2.43. The van der Waals surface area contributed by atoms with Crippen LogP contribution < -0.4 is 0 Å². The molecule has 6 heteroatoms. The number of carbonyl (C=O) groups is 1. The van der Waals surface area contributed by atoms with Gasteiger partial charge in [0.05, 0.1) is 23.9 Å². The molecule has 0 bridgehead atoms. The molecule has 1 aromatic rings. The van der Waals surface area contributed by atoms with Gasteiger partial charge in [0.25, 0.3) is 0 Å². The molecule has 0 unspecified atom stereocenters. The first kappa shape index (κ1) is 16.8. The first-order chi connectivity index (χ1) is 11.6. The first-order valence-electron chi connectivity index (χ1n) is 8.78. The number of aromatic nitrogens is 2. The van der Waals surface area contributed by atoms with Gasteiger partial charge in [-0.3, -0.25) is 4.79 Å². The van der Waals surface area contributed by atoms with Crippen molar-refractivity contribution in [1.82, 2.24) is 14.9 Å². The molecular formula is C18H23FN4O. The highest BCUT2D eigenvalue weighted by molar-refractivity contribution is 5.76. The van der Waals surface area contributed by atoms with Crippen molar-refractivity contribution in [1.29, 1.82) is 5.26 Å². The van der Waals surface area contributed by atoms with Crippen molar-refractivity contribution in [3.63, 3.8) is 0 Å². The number of piperidine rings is 1. The van der Waals surface area contributed by atoms with Crippen molar-refractivity contribution in [2.75, 3.05) is 13.1 Å². The average molecular weight is 330 g/mol. The molecule has 1 aromatic heterocycles. The Morgan fingerprint density at radius 2 is 1.92 bits per heavy atom. The summed E-state index contributed by atoms with van der Waals surface area (Å²) in [5.74, 6) is 0.591. The van der Waals surface area contributed by atoms with E-state index >= 15 is 0 Å². The lowest BCUT2D eigenvalue weighted by atomic mass is 9.69. The van der Waals surface area contributed by atoms with Gasteiger partial charge in [0, 0.05) is 25.9 Å². The van der Waals surface area contributed by atoms with Crippen LogP contribution in [0.4, 0.5) is 4.39 Å². The van der Waals surface area contributed by atoms with E-state index in [1.54, 1.807) is 0 Å². The summed E-state index contributed by atoms with van der Waals surface area (Å²) in [4.78, 5) is 22.0. The summed E-state index contributed by atoms with van der Waals surface area (Å²) in [7, 11) is 0. The zero-order valence-electron chi connectivity index (χ0n) is 13.9. The van der Waals surface area contributed by atoms with Gasteiger partial charge in [-0.15, -0.1) is 0 Å². The molecule has 5 nitrogen and oxygen atoms in total. The molecule has 1 aliphatic heterocycles. The molecule has 1 aliphatic carbocycles. The molecule has 0 N–H and O–H groups in total. The molecule has 1 amide bonds. The van der Waals surface area contributed by atoms with Crippen molar-refractivity contribution in [3.8, 4) is 6.07 Å². The largest absolute Gasteiger partial charge is 0.343 e. The molecule has 2 heterocycles. The number of nitriles is 1. The van der Waals surface area contributed by atoms with Gasteiger partial charge >= 0.3 is 0 Å². The Morgan fingerprint density at radius 3 is 2.50 bits per heavy atom. The smallest absolute Gasteiger partial charge is 0.223 e. The van der Waals surface area contributed by atoms with E-state index in [1.807, 2.05) is 4.90 Å². The highest BCUT2D eigenvalue weighted by Crippen LogP contribution is 2.46. The number of amides is 1. The van der Waals surface area contributed by atoms with E-state index in [0.717, 1.165) is 38.1 Å². The summed E-state index contributed by atoms with van der Waals surface area (Å²) in [6, 6.07) is 2.59. The van der Waals surface area contributed by atoms with Crippen LogP contribution in [-0.2, 0) is 11.2 Å².